The van der Waals surface area contributed by atoms with E-state index in [-0.39, 0.29) is 17.8 Å². The zero-order valence-electron chi connectivity index (χ0n) is 16.0. The van der Waals surface area contributed by atoms with E-state index in [0.29, 0.717) is 24.9 Å². The fraction of sp³-hybridized carbons (Fsp3) is 0.409. The fourth-order valence-electron chi connectivity index (χ4n) is 4.43. The maximum absolute atomic E-state index is 11.8. The summed E-state index contributed by atoms with van der Waals surface area (Å²) in [5.74, 6) is 2.10. The van der Waals surface area contributed by atoms with Gasteiger partial charge in [-0.25, -0.2) is 4.98 Å². The number of nitrogens with one attached hydrogen (secondary N) is 1. The van der Waals surface area contributed by atoms with Gasteiger partial charge in [0.1, 0.15) is 23.5 Å². The van der Waals surface area contributed by atoms with Crippen molar-refractivity contribution in [2.24, 2.45) is 0 Å². The highest BCUT2D eigenvalue weighted by Crippen LogP contribution is 2.29. The number of hydrogen-bond donors (Lipinski definition) is 1. The largest absolute Gasteiger partial charge is 0.490 e. The van der Waals surface area contributed by atoms with Gasteiger partial charge < -0.3 is 15.0 Å². The number of anilines is 1. The van der Waals surface area contributed by atoms with E-state index in [4.69, 9.17) is 9.72 Å². The molecule has 2 aliphatic heterocycles. The number of rotatable bonds is 3. The zero-order chi connectivity index (χ0) is 19.3. The molecule has 0 saturated carbocycles. The predicted octanol–water partition coefficient (Wildman–Crippen LogP) is 2.35. The molecule has 0 atom stereocenters. The van der Waals surface area contributed by atoms with Crippen molar-refractivity contribution in [2.45, 2.75) is 45.3 Å². The number of ketones is 1. The van der Waals surface area contributed by atoms with Crippen LogP contribution < -0.4 is 15.0 Å². The van der Waals surface area contributed by atoms with Gasteiger partial charge in [0.05, 0.1) is 17.8 Å². The number of carbonyl (C=O) groups is 2. The number of hydrogen-bond acceptors (Lipinski definition) is 5. The Hall–Kier alpha value is -2.89. The third kappa shape index (κ3) is 3.03. The third-order valence-electron chi connectivity index (χ3n) is 5.92. The lowest BCUT2D eigenvalue weighted by atomic mass is 10.1. The van der Waals surface area contributed by atoms with E-state index >= 15 is 0 Å². The minimum absolute atomic E-state index is 0.0275. The quantitative estimate of drug-likeness (QED) is 0.889. The number of fused-ring (bicyclic) bond motifs is 2. The average Bonchev–Trinajstić information content (AvgIpc) is 3.23. The van der Waals surface area contributed by atoms with Crippen molar-refractivity contribution in [3.63, 3.8) is 0 Å². The minimum atomic E-state index is -0.0275. The van der Waals surface area contributed by atoms with Crippen molar-refractivity contribution in [3.8, 4) is 5.75 Å². The highest BCUT2D eigenvalue weighted by molar-refractivity contribution is 5.98. The van der Waals surface area contributed by atoms with Gasteiger partial charge in [0.15, 0.2) is 0 Å². The number of benzene rings is 1. The second-order valence-corrected chi connectivity index (χ2v) is 7.93. The summed E-state index contributed by atoms with van der Waals surface area (Å²) >= 11 is 0. The van der Waals surface area contributed by atoms with Crippen LogP contribution in [0.2, 0.25) is 0 Å². The van der Waals surface area contributed by atoms with E-state index in [1.807, 2.05) is 31.2 Å². The minimum Gasteiger partial charge on any atom is -0.490 e. The van der Waals surface area contributed by atoms with Crippen LogP contribution in [-0.4, -0.2) is 35.9 Å². The molecule has 28 heavy (non-hydrogen) atoms. The Labute approximate surface area is 163 Å². The van der Waals surface area contributed by atoms with Crippen LogP contribution in [0.1, 0.15) is 45.6 Å². The van der Waals surface area contributed by atoms with Crippen LogP contribution in [0.25, 0.3) is 0 Å². The van der Waals surface area contributed by atoms with Gasteiger partial charge in [0.2, 0.25) is 0 Å². The summed E-state index contributed by atoms with van der Waals surface area (Å²) in [5, 5.41) is 2.84. The lowest BCUT2D eigenvalue weighted by Gasteiger charge is -2.34. The molecular formula is C22H23N3O3. The molecule has 144 valence electrons. The van der Waals surface area contributed by atoms with Crippen molar-refractivity contribution in [1.29, 1.82) is 0 Å². The summed E-state index contributed by atoms with van der Waals surface area (Å²) in [7, 11) is 0. The van der Waals surface area contributed by atoms with E-state index in [9.17, 15) is 9.59 Å². The molecule has 1 amide bonds. The number of pyridine rings is 1. The zero-order valence-corrected chi connectivity index (χ0v) is 16.0. The third-order valence-corrected chi connectivity index (χ3v) is 5.92. The summed E-state index contributed by atoms with van der Waals surface area (Å²) in [6, 6.07) is 8.00. The molecule has 2 aromatic rings. The lowest BCUT2D eigenvalue weighted by molar-refractivity contribution is -0.117. The molecule has 0 spiro atoms. The Morgan fingerprint density at radius 1 is 1.11 bits per heavy atom. The van der Waals surface area contributed by atoms with Crippen molar-refractivity contribution >= 4 is 17.5 Å². The molecule has 6 nitrogen and oxygen atoms in total. The number of Topliss-reactive ketones (excluding diaryl/α,β-unsaturated/α-hetero) is 1. The maximum atomic E-state index is 11.8. The van der Waals surface area contributed by atoms with Crippen LogP contribution in [0.4, 0.5) is 5.82 Å². The number of aromatic nitrogens is 1. The number of nitrogens with zero attached hydrogens (tertiary/aromatic N) is 2. The lowest BCUT2D eigenvalue weighted by Crippen LogP contribution is -2.39. The van der Waals surface area contributed by atoms with E-state index in [0.717, 1.165) is 59.9 Å². The van der Waals surface area contributed by atoms with E-state index in [2.05, 4.69) is 10.2 Å². The molecule has 0 radical (unpaired) electrons. The Bertz CT molecular complexity index is 977. The number of carbonyl (C=O) groups excluding carboxylic acids is 2. The fourth-order valence-corrected chi connectivity index (χ4v) is 4.43. The molecule has 1 aliphatic carbocycles. The van der Waals surface area contributed by atoms with Gasteiger partial charge in [-0.15, -0.1) is 0 Å². The Morgan fingerprint density at radius 3 is 2.71 bits per heavy atom. The van der Waals surface area contributed by atoms with Crippen LogP contribution >= 0.6 is 0 Å². The number of ether oxygens (including phenoxy) is 1. The van der Waals surface area contributed by atoms with Crippen molar-refractivity contribution in [2.75, 3.05) is 18.0 Å². The van der Waals surface area contributed by atoms with Gasteiger partial charge in [-0.3, -0.25) is 9.59 Å². The molecule has 1 aromatic carbocycles. The van der Waals surface area contributed by atoms with E-state index in [1.165, 1.54) is 0 Å². The summed E-state index contributed by atoms with van der Waals surface area (Å²) in [6.07, 6.45) is 3.11. The van der Waals surface area contributed by atoms with Gasteiger partial charge in [-0.1, -0.05) is 6.07 Å². The molecule has 6 heteroatoms. The first-order chi connectivity index (χ1) is 13.6. The van der Waals surface area contributed by atoms with Gasteiger partial charge in [-0.05, 0) is 41.8 Å². The maximum Gasteiger partial charge on any atom is 0.253 e. The van der Waals surface area contributed by atoms with Gasteiger partial charge in [0.25, 0.3) is 5.91 Å². The molecule has 0 unspecified atom stereocenters. The predicted molar refractivity (Wildman–Crippen MR) is 105 cm³/mol. The molecule has 3 aliphatic rings. The summed E-state index contributed by atoms with van der Waals surface area (Å²) in [6.45, 7) is 4.29. The normalized spacial score (nSPS) is 18.8. The van der Waals surface area contributed by atoms with Crippen molar-refractivity contribution in [3.05, 3.63) is 52.2 Å². The van der Waals surface area contributed by atoms with Crippen molar-refractivity contribution < 1.29 is 14.3 Å². The van der Waals surface area contributed by atoms with Crippen molar-refractivity contribution in [1.82, 2.24) is 10.3 Å². The summed E-state index contributed by atoms with van der Waals surface area (Å²) in [5.41, 5.74) is 4.84. The Balaban J connectivity index is 1.24. The first kappa shape index (κ1) is 17.2. The second kappa shape index (κ2) is 6.62. The van der Waals surface area contributed by atoms with E-state index < -0.39 is 0 Å². The average molecular weight is 377 g/mol. The molecule has 1 saturated heterocycles. The van der Waals surface area contributed by atoms with Crippen LogP contribution in [0.3, 0.4) is 0 Å². The smallest absolute Gasteiger partial charge is 0.253 e. The van der Waals surface area contributed by atoms with Gasteiger partial charge in [-0.2, -0.15) is 0 Å². The SMILES string of the molecule is Cc1cc2c(nc1N1CCC(Oc3ccc4c(c3)CC(=O)C4)CC1)CNC2=O. The monoisotopic (exact) mass is 377 g/mol. The standard InChI is InChI=1S/C22H23N3O3/c1-13-8-19-20(12-23-22(19)27)24-21(13)25-6-4-17(5-7-25)28-18-3-2-14-9-16(26)10-15(14)11-18/h2-3,8,11,17H,4-7,9-10,12H2,1H3,(H,23,27). The first-order valence-electron chi connectivity index (χ1n) is 9.90. The molecule has 1 N–H and O–H groups in total. The van der Waals surface area contributed by atoms with Crippen LogP contribution in [0.5, 0.6) is 5.75 Å². The van der Waals surface area contributed by atoms with Crippen LogP contribution in [-0.2, 0) is 24.2 Å². The molecular weight excluding hydrogens is 354 g/mol. The Morgan fingerprint density at radius 2 is 1.89 bits per heavy atom. The first-order valence-corrected chi connectivity index (χ1v) is 9.90. The second-order valence-electron chi connectivity index (χ2n) is 7.93. The highest BCUT2D eigenvalue weighted by Gasteiger charge is 2.27. The molecule has 1 fully saturated rings. The summed E-state index contributed by atoms with van der Waals surface area (Å²) in [4.78, 5) is 30.5. The Kier molecular flexibility index (Phi) is 4.07. The number of amides is 1. The van der Waals surface area contributed by atoms with Gasteiger partial charge >= 0.3 is 0 Å². The molecule has 3 heterocycles. The molecule has 1 aromatic heterocycles. The van der Waals surface area contributed by atoms with E-state index in [1.54, 1.807) is 0 Å². The van der Waals surface area contributed by atoms with Gasteiger partial charge in [0, 0.05) is 38.8 Å². The molecule has 0 bridgehead atoms. The van der Waals surface area contributed by atoms with Crippen LogP contribution in [0.15, 0.2) is 24.3 Å². The summed E-state index contributed by atoms with van der Waals surface area (Å²) < 4.78 is 6.21. The molecule has 5 rings (SSSR count). The van der Waals surface area contributed by atoms with Crippen LogP contribution in [0, 0.1) is 6.92 Å². The number of piperidine rings is 1. The highest BCUT2D eigenvalue weighted by atomic mass is 16.5. The topological polar surface area (TPSA) is 71.5 Å². The number of aryl methyl sites for hydroxylation is 1.